The molecular weight excluding hydrogens is 232 g/mol. The molecule has 0 saturated heterocycles. The number of esters is 1. The summed E-state index contributed by atoms with van der Waals surface area (Å²) in [6.45, 7) is 5.56. The Morgan fingerprint density at radius 2 is 2.06 bits per heavy atom. The lowest BCUT2D eigenvalue weighted by molar-refractivity contribution is -0.148. The van der Waals surface area contributed by atoms with Gasteiger partial charge in [-0.3, -0.25) is 0 Å². The molecule has 0 aromatic heterocycles. The Kier molecular flexibility index (Phi) is 4.82. The molecule has 0 amide bonds. The minimum atomic E-state index is -0.442. The molecule has 1 aromatic rings. The smallest absolute Gasteiger partial charge is 0.331 e. The molecule has 0 saturated carbocycles. The van der Waals surface area contributed by atoms with Crippen LogP contribution in [-0.4, -0.2) is 17.8 Å². The molecule has 2 nitrogen and oxygen atoms in total. The molecule has 0 N–H and O–H groups in total. The quantitative estimate of drug-likeness (QED) is 0.464. The molecule has 0 spiro atoms. The minimum absolute atomic E-state index is 0.313. The van der Waals surface area contributed by atoms with E-state index in [2.05, 4.69) is 0 Å². The molecule has 1 rings (SSSR count). The number of hydrogen-bond donors (Lipinski definition) is 0. The predicted octanol–water partition coefficient (Wildman–Crippen LogP) is 3.76. The number of benzene rings is 1. The highest BCUT2D eigenvalue weighted by Crippen LogP contribution is 2.16. The van der Waals surface area contributed by atoms with E-state index < -0.39 is 5.60 Å². The summed E-state index contributed by atoms with van der Waals surface area (Å²) in [5.74, 6) is -0.313. The van der Waals surface area contributed by atoms with E-state index in [1.807, 2.05) is 51.3 Å². The van der Waals surface area contributed by atoms with Gasteiger partial charge in [-0.05, 0) is 50.8 Å². The van der Waals surface area contributed by atoms with Crippen molar-refractivity contribution in [2.24, 2.45) is 0 Å². The van der Waals surface area contributed by atoms with Gasteiger partial charge in [-0.25, -0.2) is 4.79 Å². The van der Waals surface area contributed by atoms with Crippen LogP contribution in [-0.2, 0) is 9.53 Å². The first-order valence-electron chi connectivity index (χ1n) is 5.46. The van der Waals surface area contributed by atoms with Crippen LogP contribution in [0.5, 0.6) is 0 Å². The first kappa shape index (κ1) is 13.8. The molecule has 0 aliphatic rings. The maximum atomic E-state index is 11.5. The summed E-state index contributed by atoms with van der Waals surface area (Å²) in [6, 6.07) is 8.00. The second-order valence-corrected chi connectivity index (χ2v) is 5.52. The second-order valence-electron chi connectivity index (χ2n) is 4.64. The van der Waals surface area contributed by atoms with Crippen LogP contribution in [0, 0.1) is 0 Å². The van der Waals surface area contributed by atoms with Crippen molar-refractivity contribution in [1.82, 2.24) is 0 Å². The molecule has 0 bridgehead atoms. The monoisotopic (exact) mass is 250 g/mol. The summed E-state index contributed by atoms with van der Waals surface area (Å²) >= 11 is 1.68. The first-order valence-corrected chi connectivity index (χ1v) is 6.68. The van der Waals surface area contributed by atoms with Crippen molar-refractivity contribution in [1.29, 1.82) is 0 Å². The first-order chi connectivity index (χ1) is 7.90. The van der Waals surface area contributed by atoms with Crippen LogP contribution in [0.15, 0.2) is 35.2 Å². The Hall–Kier alpha value is -1.22. The topological polar surface area (TPSA) is 26.3 Å². The molecule has 0 unspecified atom stereocenters. The molecule has 0 heterocycles. The van der Waals surface area contributed by atoms with Crippen LogP contribution in [0.3, 0.4) is 0 Å². The van der Waals surface area contributed by atoms with E-state index in [0.717, 1.165) is 5.56 Å². The van der Waals surface area contributed by atoms with Crippen LogP contribution in [0.1, 0.15) is 26.3 Å². The zero-order valence-electron chi connectivity index (χ0n) is 10.7. The zero-order chi connectivity index (χ0) is 12.9. The van der Waals surface area contributed by atoms with Gasteiger partial charge in [-0.2, -0.15) is 0 Å². The molecular formula is C14H18O2S. The van der Waals surface area contributed by atoms with Gasteiger partial charge in [0.2, 0.25) is 0 Å². The highest BCUT2D eigenvalue weighted by atomic mass is 32.2. The second kappa shape index (κ2) is 5.92. The Balaban J connectivity index is 2.67. The average molecular weight is 250 g/mol. The van der Waals surface area contributed by atoms with Crippen molar-refractivity contribution in [3.8, 4) is 0 Å². The maximum absolute atomic E-state index is 11.5. The highest BCUT2D eigenvalue weighted by molar-refractivity contribution is 7.98. The molecule has 0 radical (unpaired) electrons. The summed E-state index contributed by atoms with van der Waals surface area (Å²) in [5.41, 5.74) is 0.561. The normalized spacial score (nSPS) is 11.8. The summed E-state index contributed by atoms with van der Waals surface area (Å²) in [6.07, 6.45) is 5.26. The summed E-state index contributed by atoms with van der Waals surface area (Å²) in [4.78, 5) is 12.6. The predicted molar refractivity (Wildman–Crippen MR) is 73.1 cm³/mol. The molecule has 0 atom stereocenters. The van der Waals surface area contributed by atoms with Gasteiger partial charge in [-0.1, -0.05) is 12.1 Å². The molecule has 0 aliphatic carbocycles. The van der Waals surface area contributed by atoms with Gasteiger partial charge in [0.1, 0.15) is 5.60 Å². The lowest BCUT2D eigenvalue weighted by Gasteiger charge is -2.17. The fourth-order valence-corrected chi connectivity index (χ4v) is 1.71. The number of ether oxygens (including phenoxy) is 1. The highest BCUT2D eigenvalue weighted by Gasteiger charge is 2.13. The van der Waals surface area contributed by atoms with E-state index in [4.69, 9.17) is 4.74 Å². The number of thioether (sulfide) groups is 1. The molecule has 17 heavy (non-hydrogen) atoms. The Morgan fingerprint density at radius 1 is 1.35 bits per heavy atom. The van der Waals surface area contributed by atoms with Crippen LogP contribution >= 0.6 is 11.8 Å². The molecule has 0 fully saturated rings. The Bertz CT molecular complexity index is 416. The fourth-order valence-electron chi connectivity index (χ4n) is 1.25. The van der Waals surface area contributed by atoms with Crippen molar-refractivity contribution in [2.45, 2.75) is 31.3 Å². The van der Waals surface area contributed by atoms with Crippen LogP contribution < -0.4 is 0 Å². The van der Waals surface area contributed by atoms with E-state index in [1.54, 1.807) is 17.8 Å². The molecule has 0 aliphatic heterocycles. The fraction of sp³-hybridized carbons (Fsp3) is 0.357. The summed E-state index contributed by atoms with van der Waals surface area (Å²) in [7, 11) is 0. The lowest BCUT2D eigenvalue weighted by atomic mass is 10.2. The lowest BCUT2D eigenvalue weighted by Crippen LogP contribution is -2.22. The SMILES string of the molecule is CSc1cccc(/C=C/C(=O)OC(C)(C)C)c1. The zero-order valence-corrected chi connectivity index (χ0v) is 11.5. The largest absolute Gasteiger partial charge is 0.457 e. The summed E-state index contributed by atoms with van der Waals surface area (Å²) < 4.78 is 5.19. The van der Waals surface area contributed by atoms with Crippen molar-refractivity contribution >= 4 is 23.8 Å². The summed E-state index contributed by atoms with van der Waals surface area (Å²) in [5, 5.41) is 0. The maximum Gasteiger partial charge on any atom is 0.331 e. The Labute approximate surface area is 107 Å². The number of carbonyl (C=O) groups is 1. The number of hydrogen-bond acceptors (Lipinski definition) is 3. The van der Waals surface area contributed by atoms with E-state index in [1.165, 1.54) is 11.0 Å². The Morgan fingerprint density at radius 3 is 2.65 bits per heavy atom. The van der Waals surface area contributed by atoms with Crippen molar-refractivity contribution in [3.63, 3.8) is 0 Å². The van der Waals surface area contributed by atoms with Gasteiger partial charge in [0, 0.05) is 11.0 Å². The van der Waals surface area contributed by atoms with Crippen molar-refractivity contribution in [2.75, 3.05) is 6.26 Å². The van der Waals surface area contributed by atoms with E-state index in [-0.39, 0.29) is 5.97 Å². The van der Waals surface area contributed by atoms with Gasteiger partial charge in [0.25, 0.3) is 0 Å². The molecule has 1 aromatic carbocycles. The third-order valence-electron chi connectivity index (χ3n) is 1.91. The van der Waals surface area contributed by atoms with Crippen molar-refractivity contribution in [3.05, 3.63) is 35.9 Å². The van der Waals surface area contributed by atoms with Crippen LogP contribution in [0.2, 0.25) is 0 Å². The number of carbonyl (C=O) groups excluding carboxylic acids is 1. The molecule has 92 valence electrons. The van der Waals surface area contributed by atoms with Crippen molar-refractivity contribution < 1.29 is 9.53 Å². The van der Waals surface area contributed by atoms with Gasteiger partial charge < -0.3 is 4.74 Å². The molecule has 3 heteroatoms. The standard InChI is InChI=1S/C14H18O2S/c1-14(2,3)16-13(15)9-8-11-6-5-7-12(10-11)17-4/h5-10H,1-4H3/b9-8+. The van der Waals surface area contributed by atoms with Crippen LogP contribution in [0.25, 0.3) is 6.08 Å². The van der Waals surface area contributed by atoms with E-state index >= 15 is 0 Å². The van der Waals surface area contributed by atoms with Gasteiger partial charge in [0.05, 0.1) is 0 Å². The van der Waals surface area contributed by atoms with Gasteiger partial charge in [0.15, 0.2) is 0 Å². The number of rotatable bonds is 3. The van der Waals surface area contributed by atoms with Gasteiger partial charge >= 0.3 is 5.97 Å². The third kappa shape index (κ3) is 5.59. The van der Waals surface area contributed by atoms with Gasteiger partial charge in [-0.15, -0.1) is 11.8 Å². The third-order valence-corrected chi connectivity index (χ3v) is 2.64. The van der Waals surface area contributed by atoms with E-state index in [9.17, 15) is 4.79 Å². The van der Waals surface area contributed by atoms with Crippen LogP contribution in [0.4, 0.5) is 0 Å². The average Bonchev–Trinajstić information content (AvgIpc) is 2.24. The van der Waals surface area contributed by atoms with E-state index in [0.29, 0.717) is 0 Å². The minimum Gasteiger partial charge on any atom is -0.457 e.